The van der Waals surface area contributed by atoms with E-state index in [9.17, 15) is 5.11 Å². The largest absolute Gasteiger partial charge is 0.481 e. The fourth-order valence-corrected chi connectivity index (χ4v) is 1.51. The van der Waals surface area contributed by atoms with Gasteiger partial charge in [-0.3, -0.25) is 4.98 Å². The molecule has 0 aliphatic rings. The Morgan fingerprint density at radius 2 is 2.06 bits per heavy atom. The molecule has 0 aliphatic carbocycles. The zero-order valence-corrected chi connectivity index (χ0v) is 9.79. The van der Waals surface area contributed by atoms with Gasteiger partial charge in [0.1, 0.15) is 6.10 Å². The number of methoxy groups -OCH3 is 1. The van der Waals surface area contributed by atoms with Crippen molar-refractivity contribution in [2.24, 2.45) is 0 Å². The molecular formula is C13H14N2O2. The highest BCUT2D eigenvalue weighted by atomic mass is 16.5. The molecule has 1 atom stereocenters. The molecule has 0 fully saturated rings. The minimum atomic E-state index is -0.779. The van der Waals surface area contributed by atoms with Gasteiger partial charge in [-0.15, -0.1) is 0 Å². The maximum atomic E-state index is 10.1. The Bertz CT molecular complexity index is 497. The fourth-order valence-electron chi connectivity index (χ4n) is 1.51. The molecule has 2 aromatic heterocycles. The van der Waals surface area contributed by atoms with Crippen molar-refractivity contribution >= 4 is 0 Å². The molecule has 1 unspecified atom stereocenters. The molecule has 2 heterocycles. The molecule has 88 valence electrons. The standard InChI is InChI=1S/C13H14N2O2/c1-9-6-7-10(8-14-9)13(16)11-4-3-5-12(15-11)17-2/h3-8,13,16H,1-2H3. The molecule has 0 saturated heterocycles. The van der Waals surface area contributed by atoms with Crippen molar-refractivity contribution in [2.75, 3.05) is 7.11 Å². The van der Waals surface area contributed by atoms with E-state index in [0.29, 0.717) is 11.6 Å². The molecule has 1 N–H and O–H groups in total. The number of aryl methyl sites for hydroxylation is 1. The van der Waals surface area contributed by atoms with Gasteiger partial charge in [0.2, 0.25) is 5.88 Å². The molecular weight excluding hydrogens is 216 g/mol. The van der Waals surface area contributed by atoms with Crippen LogP contribution in [0.25, 0.3) is 0 Å². The lowest BCUT2D eigenvalue weighted by molar-refractivity contribution is 0.213. The van der Waals surface area contributed by atoms with E-state index in [2.05, 4.69) is 9.97 Å². The number of rotatable bonds is 3. The quantitative estimate of drug-likeness (QED) is 0.874. The van der Waals surface area contributed by atoms with E-state index < -0.39 is 6.10 Å². The lowest BCUT2D eigenvalue weighted by Crippen LogP contribution is -2.03. The van der Waals surface area contributed by atoms with Gasteiger partial charge >= 0.3 is 0 Å². The second kappa shape index (κ2) is 4.93. The Labute approximate surface area is 99.9 Å². The number of hydrogen-bond acceptors (Lipinski definition) is 4. The van der Waals surface area contributed by atoms with Crippen molar-refractivity contribution < 1.29 is 9.84 Å². The third-order valence-corrected chi connectivity index (χ3v) is 2.48. The van der Waals surface area contributed by atoms with Gasteiger partial charge in [-0.2, -0.15) is 0 Å². The van der Waals surface area contributed by atoms with Crippen LogP contribution in [0, 0.1) is 6.92 Å². The van der Waals surface area contributed by atoms with Gasteiger partial charge in [0.25, 0.3) is 0 Å². The van der Waals surface area contributed by atoms with Gasteiger partial charge in [0.05, 0.1) is 12.8 Å². The molecule has 0 saturated carbocycles. The number of pyridine rings is 2. The van der Waals surface area contributed by atoms with Crippen LogP contribution in [-0.2, 0) is 0 Å². The van der Waals surface area contributed by atoms with Crippen LogP contribution < -0.4 is 4.74 Å². The van der Waals surface area contributed by atoms with Gasteiger partial charge in [-0.05, 0) is 19.1 Å². The van der Waals surface area contributed by atoms with Crippen molar-refractivity contribution in [1.29, 1.82) is 0 Å². The van der Waals surface area contributed by atoms with Crippen LogP contribution in [0.4, 0.5) is 0 Å². The van der Waals surface area contributed by atoms with Gasteiger partial charge in [0, 0.05) is 23.5 Å². The SMILES string of the molecule is COc1cccc(C(O)c2ccc(C)nc2)n1. The summed E-state index contributed by atoms with van der Waals surface area (Å²) in [7, 11) is 1.55. The Morgan fingerprint density at radius 3 is 2.71 bits per heavy atom. The third kappa shape index (κ3) is 2.60. The van der Waals surface area contributed by atoms with E-state index in [0.717, 1.165) is 11.3 Å². The summed E-state index contributed by atoms with van der Waals surface area (Å²) in [6.07, 6.45) is 0.874. The van der Waals surface area contributed by atoms with Gasteiger partial charge in [0.15, 0.2) is 0 Å². The maximum absolute atomic E-state index is 10.1. The predicted molar refractivity (Wildman–Crippen MR) is 63.8 cm³/mol. The van der Waals surface area contributed by atoms with Crippen molar-refractivity contribution in [3.05, 3.63) is 53.5 Å². The van der Waals surface area contributed by atoms with Crippen LogP contribution >= 0.6 is 0 Å². The first-order valence-electron chi connectivity index (χ1n) is 5.32. The highest BCUT2D eigenvalue weighted by Crippen LogP contribution is 2.21. The molecule has 0 spiro atoms. The van der Waals surface area contributed by atoms with Gasteiger partial charge in [-0.25, -0.2) is 4.98 Å². The Kier molecular flexibility index (Phi) is 3.35. The van der Waals surface area contributed by atoms with E-state index in [1.54, 1.807) is 31.5 Å². The van der Waals surface area contributed by atoms with Crippen LogP contribution in [0.15, 0.2) is 36.5 Å². The number of ether oxygens (including phenoxy) is 1. The molecule has 4 heteroatoms. The van der Waals surface area contributed by atoms with Crippen LogP contribution in [0.1, 0.15) is 23.1 Å². The van der Waals surface area contributed by atoms with E-state index in [1.807, 2.05) is 19.1 Å². The van der Waals surface area contributed by atoms with Crippen LogP contribution in [0.5, 0.6) is 5.88 Å². The van der Waals surface area contributed by atoms with Crippen molar-refractivity contribution in [1.82, 2.24) is 9.97 Å². The summed E-state index contributed by atoms with van der Waals surface area (Å²) in [6, 6.07) is 9.00. The monoisotopic (exact) mass is 230 g/mol. The van der Waals surface area contributed by atoms with Crippen molar-refractivity contribution in [2.45, 2.75) is 13.0 Å². The molecule has 0 radical (unpaired) electrons. The molecule has 0 aliphatic heterocycles. The van der Waals surface area contributed by atoms with Gasteiger partial charge in [-0.1, -0.05) is 12.1 Å². The zero-order valence-electron chi connectivity index (χ0n) is 9.79. The van der Waals surface area contributed by atoms with E-state index >= 15 is 0 Å². The number of nitrogens with zero attached hydrogens (tertiary/aromatic N) is 2. The summed E-state index contributed by atoms with van der Waals surface area (Å²) >= 11 is 0. The topological polar surface area (TPSA) is 55.2 Å². The predicted octanol–water partition coefficient (Wildman–Crippen LogP) is 1.88. The van der Waals surface area contributed by atoms with Crippen molar-refractivity contribution in [3.63, 3.8) is 0 Å². The van der Waals surface area contributed by atoms with E-state index in [-0.39, 0.29) is 0 Å². The highest BCUT2D eigenvalue weighted by Gasteiger charge is 2.12. The molecule has 2 rings (SSSR count). The number of aliphatic hydroxyl groups is 1. The first kappa shape index (κ1) is 11.5. The summed E-state index contributed by atoms with van der Waals surface area (Å²) in [5.41, 5.74) is 2.19. The van der Waals surface area contributed by atoms with Crippen LogP contribution in [0.3, 0.4) is 0 Å². The first-order chi connectivity index (χ1) is 8.20. The smallest absolute Gasteiger partial charge is 0.213 e. The summed E-state index contributed by atoms with van der Waals surface area (Å²) < 4.78 is 5.02. The highest BCUT2D eigenvalue weighted by molar-refractivity contribution is 5.26. The maximum Gasteiger partial charge on any atom is 0.213 e. The molecule has 4 nitrogen and oxygen atoms in total. The zero-order chi connectivity index (χ0) is 12.3. The minimum absolute atomic E-state index is 0.488. The molecule has 0 bridgehead atoms. The Morgan fingerprint density at radius 1 is 1.24 bits per heavy atom. The second-order valence-electron chi connectivity index (χ2n) is 3.74. The Balaban J connectivity index is 2.29. The number of aliphatic hydroxyl groups excluding tert-OH is 1. The van der Waals surface area contributed by atoms with Gasteiger partial charge < -0.3 is 9.84 Å². The molecule has 2 aromatic rings. The molecule has 0 aromatic carbocycles. The summed E-state index contributed by atoms with van der Waals surface area (Å²) in [5, 5.41) is 10.1. The van der Waals surface area contributed by atoms with E-state index in [4.69, 9.17) is 4.74 Å². The summed E-state index contributed by atoms with van der Waals surface area (Å²) in [5.74, 6) is 0.488. The molecule has 17 heavy (non-hydrogen) atoms. The van der Waals surface area contributed by atoms with Crippen molar-refractivity contribution in [3.8, 4) is 5.88 Å². The third-order valence-electron chi connectivity index (χ3n) is 2.48. The number of aromatic nitrogens is 2. The first-order valence-corrected chi connectivity index (χ1v) is 5.32. The van der Waals surface area contributed by atoms with Crippen LogP contribution in [-0.4, -0.2) is 22.2 Å². The summed E-state index contributed by atoms with van der Waals surface area (Å²) in [6.45, 7) is 1.90. The van der Waals surface area contributed by atoms with E-state index in [1.165, 1.54) is 0 Å². The average molecular weight is 230 g/mol. The fraction of sp³-hybridized carbons (Fsp3) is 0.231. The minimum Gasteiger partial charge on any atom is -0.481 e. The lowest BCUT2D eigenvalue weighted by Gasteiger charge is -2.11. The molecule has 0 amide bonds. The second-order valence-corrected chi connectivity index (χ2v) is 3.74. The summed E-state index contributed by atoms with van der Waals surface area (Å²) in [4.78, 5) is 8.34. The Hall–Kier alpha value is -1.94. The lowest BCUT2D eigenvalue weighted by atomic mass is 10.1. The normalized spacial score (nSPS) is 12.2. The average Bonchev–Trinajstić information content (AvgIpc) is 2.39. The number of hydrogen-bond donors (Lipinski definition) is 1. The van der Waals surface area contributed by atoms with Crippen LogP contribution in [0.2, 0.25) is 0 Å².